The molecular formula is C13H19N3O2. The molecule has 1 heterocycles. The average Bonchev–Trinajstić information content (AvgIpc) is 3.15. The lowest BCUT2D eigenvalue weighted by molar-refractivity contribution is 0.0938. The van der Waals surface area contributed by atoms with Gasteiger partial charge in [0.1, 0.15) is 0 Å². The third-order valence-corrected chi connectivity index (χ3v) is 3.52. The van der Waals surface area contributed by atoms with Gasteiger partial charge in [0.05, 0.1) is 5.56 Å². The van der Waals surface area contributed by atoms with Gasteiger partial charge in [-0.05, 0) is 30.7 Å². The molecule has 1 amide bonds. The molecule has 5 heteroatoms. The number of nitrogens with two attached hydrogens (primary N) is 1. The van der Waals surface area contributed by atoms with E-state index in [-0.39, 0.29) is 11.3 Å². The summed E-state index contributed by atoms with van der Waals surface area (Å²) in [5.41, 5.74) is 6.88. The molecule has 1 aliphatic carbocycles. The van der Waals surface area contributed by atoms with E-state index in [1.54, 1.807) is 19.4 Å². The zero-order valence-electron chi connectivity index (χ0n) is 10.6. The van der Waals surface area contributed by atoms with Gasteiger partial charge in [-0.1, -0.05) is 0 Å². The van der Waals surface area contributed by atoms with Crippen LogP contribution < -0.4 is 11.1 Å². The summed E-state index contributed by atoms with van der Waals surface area (Å²) in [6, 6.07) is 1.63. The molecule has 0 saturated heterocycles. The second-order valence-corrected chi connectivity index (χ2v) is 4.89. The average molecular weight is 249 g/mol. The third-order valence-electron chi connectivity index (χ3n) is 3.52. The van der Waals surface area contributed by atoms with Gasteiger partial charge >= 0.3 is 0 Å². The van der Waals surface area contributed by atoms with Gasteiger partial charge in [-0.25, -0.2) is 0 Å². The van der Waals surface area contributed by atoms with E-state index in [0.29, 0.717) is 17.8 Å². The van der Waals surface area contributed by atoms with E-state index in [4.69, 9.17) is 10.5 Å². The lowest BCUT2D eigenvalue weighted by Gasteiger charge is -2.15. The lowest BCUT2D eigenvalue weighted by atomic mass is 10.0. The van der Waals surface area contributed by atoms with E-state index in [9.17, 15) is 4.79 Å². The van der Waals surface area contributed by atoms with Gasteiger partial charge in [-0.2, -0.15) is 0 Å². The summed E-state index contributed by atoms with van der Waals surface area (Å²) < 4.78 is 5.09. The van der Waals surface area contributed by atoms with Crippen LogP contribution in [0.4, 0.5) is 5.69 Å². The number of nitrogens with one attached hydrogen (secondary N) is 1. The molecule has 2 rings (SSSR count). The Morgan fingerprint density at radius 2 is 2.39 bits per heavy atom. The fraction of sp³-hybridized carbons (Fsp3) is 0.538. The highest BCUT2D eigenvalue weighted by Gasteiger charge is 2.42. The molecule has 0 unspecified atom stereocenters. The molecule has 1 aromatic rings. The van der Waals surface area contributed by atoms with Crippen molar-refractivity contribution in [2.75, 3.05) is 26.0 Å². The molecule has 1 aliphatic rings. The summed E-state index contributed by atoms with van der Waals surface area (Å²) >= 11 is 0. The van der Waals surface area contributed by atoms with Gasteiger partial charge < -0.3 is 15.8 Å². The number of methoxy groups -OCH3 is 1. The molecule has 3 N–H and O–H groups in total. The Kier molecular flexibility index (Phi) is 3.81. The fourth-order valence-electron chi connectivity index (χ4n) is 1.97. The van der Waals surface area contributed by atoms with Crippen molar-refractivity contribution in [3.63, 3.8) is 0 Å². The molecule has 5 nitrogen and oxygen atoms in total. The first-order valence-corrected chi connectivity index (χ1v) is 6.13. The van der Waals surface area contributed by atoms with Crippen molar-refractivity contribution in [2.24, 2.45) is 5.41 Å². The Balaban J connectivity index is 1.87. The number of anilines is 1. The molecule has 0 radical (unpaired) electrons. The third kappa shape index (κ3) is 2.98. The van der Waals surface area contributed by atoms with Crippen LogP contribution in [-0.4, -0.2) is 31.2 Å². The Morgan fingerprint density at radius 3 is 3.00 bits per heavy atom. The van der Waals surface area contributed by atoms with Crippen LogP contribution in [0, 0.1) is 5.41 Å². The maximum absolute atomic E-state index is 12.0. The highest BCUT2D eigenvalue weighted by atomic mass is 16.5. The first-order chi connectivity index (χ1) is 8.67. The monoisotopic (exact) mass is 249 g/mol. The van der Waals surface area contributed by atoms with E-state index in [1.807, 2.05) is 0 Å². The molecule has 18 heavy (non-hydrogen) atoms. The molecule has 0 aromatic carbocycles. The number of aromatic nitrogens is 1. The summed E-state index contributed by atoms with van der Waals surface area (Å²) in [6.07, 6.45) is 6.37. The Bertz CT molecular complexity index is 430. The molecule has 0 bridgehead atoms. The highest BCUT2D eigenvalue weighted by Crippen LogP contribution is 2.48. The van der Waals surface area contributed by atoms with Gasteiger partial charge in [-0.3, -0.25) is 9.78 Å². The number of amides is 1. The van der Waals surface area contributed by atoms with Crippen LogP contribution in [0.15, 0.2) is 18.5 Å². The van der Waals surface area contributed by atoms with Gasteiger partial charge in [0, 0.05) is 38.3 Å². The van der Waals surface area contributed by atoms with E-state index in [1.165, 1.54) is 6.20 Å². The zero-order valence-corrected chi connectivity index (χ0v) is 10.6. The largest absolute Gasteiger partial charge is 0.398 e. The first kappa shape index (κ1) is 12.8. The number of rotatable bonds is 6. The lowest BCUT2D eigenvalue weighted by Crippen LogP contribution is -2.31. The molecule has 0 spiro atoms. The van der Waals surface area contributed by atoms with Gasteiger partial charge in [0.25, 0.3) is 5.91 Å². The Hall–Kier alpha value is -1.62. The van der Waals surface area contributed by atoms with Crippen LogP contribution in [0.5, 0.6) is 0 Å². The molecular weight excluding hydrogens is 230 g/mol. The number of hydrogen-bond acceptors (Lipinski definition) is 4. The number of pyridine rings is 1. The summed E-state index contributed by atoms with van der Waals surface area (Å²) in [5, 5.41) is 2.94. The Morgan fingerprint density at radius 1 is 1.61 bits per heavy atom. The van der Waals surface area contributed by atoms with Crippen molar-refractivity contribution < 1.29 is 9.53 Å². The van der Waals surface area contributed by atoms with E-state index in [0.717, 1.165) is 25.9 Å². The topological polar surface area (TPSA) is 77.2 Å². The van der Waals surface area contributed by atoms with E-state index >= 15 is 0 Å². The summed E-state index contributed by atoms with van der Waals surface area (Å²) in [5.74, 6) is -0.149. The minimum Gasteiger partial charge on any atom is -0.398 e. The number of hydrogen-bond donors (Lipinski definition) is 2. The molecule has 0 aliphatic heterocycles. The van der Waals surface area contributed by atoms with Crippen molar-refractivity contribution in [1.29, 1.82) is 0 Å². The quantitative estimate of drug-likeness (QED) is 0.794. The zero-order chi connectivity index (χ0) is 13.0. The summed E-state index contributed by atoms with van der Waals surface area (Å²) in [6.45, 7) is 1.43. The Labute approximate surface area is 107 Å². The minimum absolute atomic E-state index is 0.149. The maximum atomic E-state index is 12.0. The molecule has 1 fully saturated rings. The molecule has 1 aromatic heterocycles. The molecule has 0 atom stereocenters. The van der Waals surface area contributed by atoms with Crippen molar-refractivity contribution >= 4 is 11.6 Å². The smallest absolute Gasteiger partial charge is 0.254 e. The second-order valence-electron chi connectivity index (χ2n) is 4.89. The van der Waals surface area contributed by atoms with Crippen molar-refractivity contribution in [3.05, 3.63) is 24.0 Å². The van der Waals surface area contributed by atoms with Crippen molar-refractivity contribution in [1.82, 2.24) is 10.3 Å². The summed E-state index contributed by atoms with van der Waals surface area (Å²) in [4.78, 5) is 15.9. The normalized spacial score (nSPS) is 16.3. The number of nitrogen functional groups attached to an aromatic ring is 1. The van der Waals surface area contributed by atoms with Crippen molar-refractivity contribution in [3.8, 4) is 0 Å². The number of carbonyl (C=O) groups is 1. The van der Waals surface area contributed by atoms with Crippen LogP contribution in [0.1, 0.15) is 29.6 Å². The first-order valence-electron chi connectivity index (χ1n) is 6.13. The SMILES string of the molecule is COCCC1(CNC(=O)c2cnccc2N)CC1. The van der Waals surface area contributed by atoms with Crippen LogP contribution >= 0.6 is 0 Å². The highest BCUT2D eigenvalue weighted by molar-refractivity contribution is 5.98. The van der Waals surface area contributed by atoms with Crippen LogP contribution in [-0.2, 0) is 4.74 Å². The van der Waals surface area contributed by atoms with Crippen LogP contribution in [0.25, 0.3) is 0 Å². The maximum Gasteiger partial charge on any atom is 0.254 e. The number of nitrogens with zero attached hydrogens (tertiary/aromatic N) is 1. The van der Waals surface area contributed by atoms with Crippen molar-refractivity contribution in [2.45, 2.75) is 19.3 Å². The predicted molar refractivity (Wildman–Crippen MR) is 69.1 cm³/mol. The van der Waals surface area contributed by atoms with Gasteiger partial charge in [0.2, 0.25) is 0 Å². The summed E-state index contributed by atoms with van der Waals surface area (Å²) in [7, 11) is 1.70. The van der Waals surface area contributed by atoms with Crippen LogP contribution in [0.3, 0.4) is 0 Å². The fourth-order valence-corrected chi connectivity index (χ4v) is 1.97. The number of ether oxygens (including phenoxy) is 1. The predicted octanol–water partition coefficient (Wildman–Crippen LogP) is 1.21. The molecule has 1 saturated carbocycles. The van der Waals surface area contributed by atoms with E-state index in [2.05, 4.69) is 10.3 Å². The second kappa shape index (κ2) is 5.35. The van der Waals surface area contributed by atoms with Gasteiger partial charge in [-0.15, -0.1) is 0 Å². The van der Waals surface area contributed by atoms with Gasteiger partial charge in [0.15, 0.2) is 0 Å². The van der Waals surface area contributed by atoms with Crippen LogP contribution in [0.2, 0.25) is 0 Å². The number of carbonyl (C=O) groups excluding carboxylic acids is 1. The standard InChI is InChI=1S/C13H19N3O2/c1-18-7-5-13(3-4-13)9-16-12(17)10-8-15-6-2-11(10)14/h2,6,8H,3-5,7,9H2,1H3,(H2,14,15)(H,16,17). The molecule has 98 valence electrons. The van der Waals surface area contributed by atoms with E-state index < -0.39 is 0 Å². The minimum atomic E-state index is -0.149.